The number of nitrogens with one attached hydrogen (secondary N) is 1. The van der Waals surface area contributed by atoms with Crippen LogP contribution in [0, 0.1) is 12.3 Å². The third-order valence-corrected chi connectivity index (χ3v) is 7.28. The number of likely N-dealkylation sites (tertiary alicyclic amines) is 1. The van der Waals surface area contributed by atoms with Crippen molar-refractivity contribution in [2.24, 2.45) is 5.41 Å². The molecule has 1 aliphatic carbocycles. The van der Waals surface area contributed by atoms with Crippen LogP contribution < -0.4 is 10.1 Å². The molecule has 2 aromatic rings. The van der Waals surface area contributed by atoms with Gasteiger partial charge in [0.15, 0.2) is 0 Å². The van der Waals surface area contributed by atoms with Gasteiger partial charge in [0.25, 0.3) is 0 Å². The molecule has 3 aliphatic rings. The fourth-order valence-corrected chi connectivity index (χ4v) is 5.62. The largest absolute Gasteiger partial charge is 0.497 e. The Balaban J connectivity index is 0.00000231. The van der Waals surface area contributed by atoms with Crippen LogP contribution in [0.5, 0.6) is 5.75 Å². The van der Waals surface area contributed by atoms with Crippen LogP contribution in [0.4, 0.5) is 0 Å². The summed E-state index contributed by atoms with van der Waals surface area (Å²) < 4.78 is 5.38. The van der Waals surface area contributed by atoms with Crippen LogP contribution in [-0.4, -0.2) is 54.1 Å². The summed E-state index contributed by atoms with van der Waals surface area (Å²) >= 11 is 0. The number of aryl methyl sites for hydroxylation is 2. The molecule has 2 saturated heterocycles. The molecule has 3 heterocycles. The van der Waals surface area contributed by atoms with Crippen molar-refractivity contribution in [1.82, 2.24) is 20.2 Å². The molecule has 0 bridgehead atoms. The number of nitrogens with zero attached hydrogens (tertiary/aromatic N) is 3. The second kappa shape index (κ2) is 8.40. The minimum Gasteiger partial charge on any atom is -0.497 e. The predicted molar refractivity (Wildman–Crippen MR) is 122 cm³/mol. The van der Waals surface area contributed by atoms with E-state index in [1.54, 1.807) is 7.11 Å². The van der Waals surface area contributed by atoms with E-state index in [0.717, 1.165) is 75.4 Å². The second-order valence-corrected chi connectivity index (χ2v) is 9.31. The molecular weight excluding hydrogens is 412 g/mol. The lowest BCUT2D eigenvalue weighted by molar-refractivity contribution is -0.147. The van der Waals surface area contributed by atoms with Crippen molar-refractivity contribution in [2.75, 3.05) is 33.3 Å². The van der Waals surface area contributed by atoms with Gasteiger partial charge in [-0.25, -0.2) is 9.97 Å². The minimum atomic E-state index is -0.353. The maximum atomic E-state index is 13.8. The van der Waals surface area contributed by atoms with E-state index in [-0.39, 0.29) is 23.2 Å². The fraction of sp³-hybridized carbons (Fsp3) is 0.542. The Morgan fingerprint density at radius 3 is 2.87 bits per heavy atom. The van der Waals surface area contributed by atoms with Crippen molar-refractivity contribution in [3.63, 3.8) is 0 Å². The van der Waals surface area contributed by atoms with Crippen LogP contribution in [-0.2, 0) is 23.1 Å². The number of ether oxygens (including phenoxy) is 1. The zero-order valence-electron chi connectivity index (χ0n) is 18.3. The zero-order chi connectivity index (χ0) is 20.8. The molecule has 0 radical (unpaired) electrons. The number of carbonyl (C=O) groups is 1. The maximum Gasteiger partial charge on any atom is 0.231 e. The standard InChI is InChI=1S/C24H30N4O2.ClH/c1-17-26-13-19-7-9-23(21(19)27-17)8-4-10-28(16-23)22(29)24(14-25-15-24)12-18-5-3-6-20(11-18)30-2;/h3,5-6,11,13,25H,4,7-10,12,14-16H2,1-2H3;1H. The molecule has 166 valence electrons. The molecule has 2 fully saturated rings. The van der Waals surface area contributed by atoms with Crippen LogP contribution in [0.3, 0.4) is 0 Å². The number of halogens is 1. The van der Waals surface area contributed by atoms with Gasteiger partial charge in [-0.05, 0) is 62.3 Å². The average molecular weight is 443 g/mol. The molecular formula is C24H31ClN4O2. The average Bonchev–Trinajstić information content (AvgIpc) is 3.07. The number of amides is 1. The van der Waals surface area contributed by atoms with Crippen molar-refractivity contribution in [3.05, 3.63) is 53.1 Å². The Labute approximate surface area is 190 Å². The van der Waals surface area contributed by atoms with E-state index in [1.165, 1.54) is 11.3 Å². The van der Waals surface area contributed by atoms with Crippen LogP contribution in [0.2, 0.25) is 0 Å². The third-order valence-electron chi connectivity index (χ3n) is 7.28. The Bertz CT molecular complexity index is 974. The lowest BCUT2D eigenvalue weighted by Gasteiger charge is -2.48. The molecule has 1 N–H and O–H groups in total. The monoisotopic (exact) mass is 442 g/mol. The number of rotatable bonds is 4. The number of aromatic nitrogens is 2. The number of fused-ring (bicyclic) bond motifs is 2. The highest BCUT2D eigenvalue weighted by atomic mass is 35.5. The first-order chi connectivity index (χ1) is 14.5. The van der Waals surface area contributed by atoms with E-state index in [4.69, 9.17) is 9.72 Å². The SMILES string of the molecule is COc1cccc(CC2(C(=O)N3CCCC4(CCc5cnc(C)nc54)C3)CNC2)c1.Cl. The van der Waals surface area contributed by atoms with Gasteiger partial charge in [-0.3, -0.25) is 4.79 Å². The molecule has 1 amide bonds. The van der Waals surface area contributed by atoms with Gasteiger partial charge in [0.2, 0.25) is 5.91 Å². The summed E-state index contributed by atoms with van der Waals surface area (Å²) in [5, 5.41) is 3.36. The minimum absolute atomic E-state index is 0. The molecule has 1 atom stereocenters. The molecule has 1 aromatic heterocycles. The summed E-state index contributed by atoms with van der Waals surface area (Å²) in [6.07, 6.45) is 6.99. The van der Waals surface area contributed by atoms with Crippen LogP contribution >= 0.6 is 12.4 Å². The van der Waals surface area contributed by atoms with E-state index in [0.29, 0.717) is 5.91 Å². The summed E-state index contributed by atoms with van der Waals surface area (Å²) in [7, 11) is 1.68. The Morgan fingerprint density at radius 2 is 2.13 bits per heavy atom. The van der Waals surface area contributed by atoms with Crippen molar-refractivity contribution in [2.45, 2.75) is 44.4 Å². The summed E-state index contributed by atoms with van der Waals surface area (Å²) in [5.74, 6) is 1.97. The van der Waals surface area contributed by atoms with Gasteiger partial charge in [0.05, 0.1) is 18.2 Å². The summed E-state index contributed by atoms with van der Waals surface area (Å²) in [4.78, 5) is 25.2. The molecule has 2 aliphatic heterocycles. The summed E-state index contributed by atoms with van der Waals surface area (Å²) in [6, 6.07) is 8.11. The highest BCUT2D eigenvalue weighted by Crippen LogP contribution is 2.45. The number of piperidine rings is 1. The van der Waals surface area contributed by atoms with E-state index in [1.807, 2.05) is 25.3 Å². The fourth-order valence-electron chi connectivity index (χ4n) is 5.62. The first-order valence-electron chi connectivity index (χ1n) is 11.0. The number of hydrogen-bond acceptors (Lipinski definition) is 5. The van der Waals surface area contributed by atoms with Gasteiger partial charge in [-0.15, -0.1) is 12.4 Å². The lowest BCUT2D eigenvalue weighted by atomic mass is 9.72. The third kappa shape index (κ3) is 3.80. The summed E-state index contributed by atoms with van der Waals surface area (Å²) in [5.41, 5.74) is 3.28. The van der Waals surface area contributed by atoms with Crippen LogP contribution in [0.25, 0.3) is 0 Å². The number of hydrogen-bond donors (Lipinski definition) is 1. The van der Waals surface area contributed by atoms with Gasteiger partial charge in [0, 0.05) is 37.8 Å². The molecule has 1 unspecified atom stereocenters. The highest BCUT2D eigenvalue weighted by molar-refractivity contribution is 5.85. The molecule has 6 nitrogen and oxygen atoms in total. The maximum absolute atomic E-state index is 13.8. The van der Waals surface area contributed by atoms with Gasteiger partial charge in [-0.1, -0.05) is 12.1 Å². The van der Waals surface area contributed by atoms with E-state index < -0.39 is 0 Å². The topological polar surface area (TPSA) is 67.3 Å². The van der Waals surface area contributed by atoms with Gasteiger partial charge >= 0.3 is 0 Å². The van der Waals surface area contributed by atoms with E-state index in [9.17, 15) is 4.79 Å². The second-order valence-electron chi connectivity index (χ2n) is 9.31. The molecule has 5 rings (SSSR count). The van der Waals surface area contributed by atoms with Crippen LogP contribution in [0.1, 0.15) is 41.9 Å². The molecule has 1 aromatic carbocycles. The molecule has 0 saturated carbocycles. The Morgan fingerprint density at radius 1 is 1.29 bits per heavy atom. The number of carbonyl (C=O) groups excluding carboxylic acids is 1. The van der Waals surface area contributed by atoms with Gasteiger partial charge < -0.3 is 15.0 Å². The van der Waals surface area contributed by atoms with Crippen molar-refractivity contribution in [3.8, 4) is 5.75 Å². The first kappa shape index (κ1) is 22.0. The van der Waals surface area contributed by atoms with Crippen LogP contribution in [0.15, 0.2) is 30.5 Å². The zero-order valence-corrected chi connectivity index (χ0v) is 19.1. The molecule has 7 heteroatoms. The van der Waals surface area contributed by atoms with Gasteiger partial charge in [-0.2, -0.15) is 0 Å². The van der Waals surface area contributed by atoms with Crippen molar-refractivity contribution < 1.29 is 9.53 Å². The lowest BCUT2D eigenvalue weighted by Crippen LogP contribution is -2.65. The normalized spacial score (nSPS) is 23.6. The smallest absolute Gasteiger partial charge is 0.231 e. The molecule has 1 spiro atoms. The van der Waals surface area contributed by atoms with E-state index in [2.05, 4.69) is 27.3 Å². The molecule has 31 heavy (non-hydrogen) atoms. The summed E-state index contributed by atoms with van der Waals surface area (Å²) in [6.45, 7) is 5.07. The predicted octanol–water partition coefficient (Wildman–Crippen LogP) is 2.85. The van der Waals surface area contributed by atoms with Gasteiger partial charge in [0.1, 0.15) is 11.6 Å². The Hall–Kier alpha value is -2.18. The number of methoxy groups -OCH3 is 1. The quantitative estimate of drug-likeness (QED) is 0.788. The highest BCUT2D eigenvalue weighted by Gasteiger charge is 2.50. The first-order valence-corrected chi connectivity index (χ1v) is 11.0. The van der Waals surface area contributed by atoms with Crippen molar-refractivity contribution in [1.29, 1.82) is 0 Å². The van der Waals surface area contributed by atoms with Crippen molar-refractivity contribution >= 4 is 18.3 Å². The van der Waals surface area contributed by atoms with E-state index >= 15 is 0 Å². The Kier molecular flexibility index (Phi) is 5.97. The number of benzene rings is 1.